The molecule has 1 aliphatic rings. The zero-order valence-electron chi connectivity index (χ0n) is 16.1. The maximum absolute atomic E-state index is 13.1. The monoisotopic (exact) mass is 420 g/mol. The van der Waals surface area contributed by atoms with Crippen LogP contribution < -0.4 is 0 Å². The molecular formula is C19H21FN4O4S. The maximum Gasteiger partial charge on any atom is 0.246 e. The molecule has 1 fully saturated rings. The summed E-state index contributed by atoms with van der Waals surface area (Å²) in [6, 6.07) is 5.91. The Kier molecular flexibility index (Phi) is 5.24. The Labute approximate surface area is 168 Å². The second kappa shape index (κ2) is 7.69. The van der Waals surface area contributed by atoms with Gasteiger partial charge in [0.25, 0.3) is 0 Å². The van der Waals surface area contributed by atoms with Gasteiger partial charge >= 0.3 is 0 Å². The van der Waals surface area contributed by atoms with Crippen molar-refractivity contribution in [3.8, 4) is 11.3 Å². The molecule has 0 unspecified atom stereocenters. The van der Waals surface area contributed by atoms with E-state index in [0.717, 1.165) is 0 Å². The predicted octanol–water partition coefficient (Wildman–Crippen LogP) is 2.36. The lowest BCUT2D eigenvalue weighted by Gasteiger charge is -2.26. The van der Waals surface area contributed by atoms with Crippen molar-refractivity contribution in [2.75, 3.05) is 26.3 Å². The van der Waals surface area contributed by atoms with Crippen molar-refractivity contribution in [1.29, 1.82) is 0 Å². The van der Waals surface area contributed by atoms with E-state index in [0.29, 0.717) is 54.9 Å². The molecule has 0 amide bonds. The minimum Gasteiger partial charge on any atom is -0.439 e. The number of rotatable bonds is 5. The Balaban J connectivity index is 1.59. The number of ether oxygens (including phenoxy) is 1. The number of hydrogen-bond acceptors (Lipinski definition) is 6. The molecule has 3 heterocycles. The van der Waals surface area contributed by atoms with Gasteiger partial charge in [-0.15, -0.1) is 0 Å². The number of morpholine rings is 1. The molecular weight excluding hydrogens is 399 g/mol. The van der Waals surface area contributed by atoms with E-state index in [2.05, 4.69) is 10.1 Å². The summed E-state index contributed by atoms with van der Waals surface area (Å²) in [4.78, 5) is 4.46. The molecule has 0 atom stereocenters. The number of sulfonamides is 1. The van der Waals surface area contributed by atoms with Crippen molar-refractivity contribution in [3.05, 3.63) is 53.6 Å². The lowest BCUT2D eigenvalue weighted by Crippen LogP contribution is -2.41. The van der Waals surface area contributed by atoms with E-state index in [1.165, 1.54) is 16.4 Å². The van der Waals surface area contributed by atoms with Crippen LogP contribution >= 0.6 is 0 Å². The Hall–Kier alpha value is -2.56. The van der Waals surface area contributed by atoms with Crippen LogP contribution in [0.1, 0.15) is 17.3 Å². The summed E-state index contributed by atoms with van der Waals surface area (Å²) in [6.45, 7) is 5.00. The summed E-state index contributed by atoms with van der Waals surface area (Å²) in [6.07, 6.45) is 1.56. The summed E-state index contributed by atoms with van der Waals surface area (Å²) >= 11 is 0. The molecule has 8 nitrogen and oxygen atoms in total. The van der Waals surface area contributed by atoms with E-state index >= 15 is 0 Å². The highest BCUT2D eigenvalue weighted by atomic mass is 32.2. The van der Waals surface area contributed by atoms with Crippen molar-refractivity contribution in [2.24, 2.45) is 0 Å². The quantitative estimate of drug-likeness (QED) is 0.629. The fraction of sp³-hybridized carbons (Fsp3) is 0.368. The molecule has 10 heteroatoms. The fourth-order valence-electron chi connectivity index (χ4n) is 3.38. The first-order valence-electron chi connectivity index (χ1n) is 9.19. The van der Waals surface area contributed by atoms with Crippen LogP contribution in [0, 0.1) is 19.7 Å². The van der Waals surface area contributed by atoms with Gasteiger partial charge in [0.15, 0.2) is 5.76 Å². The SMILES string of the molecule is Cc1nn(Cc2ncc(-c3ccc(F)cc3)o2)c(C)c1S(=O)(=O)N1CCOCC1. The molecule has 0 saturated carbocycles. The summed E-state index contributed by atoms with van der Waals surface area (Å²) in [5.41, 5.74) is 1.66. The van der Waals surface area contributed by atoms with Crippen molar-refractivity contribution in [2.45, 2.75) is 25.3 Å². The molecule has 2 aromatic heterocycles. The average Bonchev–Trinajstić information content (AvgIpc) is 3.28. The number of aromatic nitrogens is 3. The standard InChI is InChI=1S/C19H21FN4O4S/c1-13-19(29(25,26)23-7-9-27-10-8-23)14(2)24(22-13)12-18-21-11-17(28-18)15-3-5-16(20)6-4-15/h3-6,11H,7-10,12H2,1-2H3. The van der Waals surface area contributed by atoms with Gasteiger partial charge in [0.05, 0.1) is 30.8 Å². The van der Waals surface area contributed by atoms with E-state index in [9.17, 15) is 12.8 Å². The van der Waals surface area contributed by atoms with Gasteiger partial charge < -0.3 is 9.15 Å². The Morgan fingerprint density at radius 3 is 2.52 bits per heavy atom. The molecule has 154 valence electrons. The van der Waals surface area contributed by atoms with Crippen molar-refractivity contribution in [1.82, 2.24) is 19.1 Å². The highest BCUT2D eigenvalue weighted by Gasteiger charge is 2.32. The maximum atomic E-state index is 13.1. The van der Waals surface area contributed by atoms with Gasteiger partial charge in [-0.25, -0.2) is 17.8 Å². The number of benzene rings is 1. The molecule has 1 aliphatic heterocycles. The highest BCUT2D eigenvalue weighted by molar-refractivity contribution is 7.89. The van der Waals surface area contributed by atoms with E-state index in [-0.39, 0.29) is 17.3 Å². The van der Waals surface area contributed by atoms with Gasteiger partial charge in [-0.1, -0.05) is 0 Å². The van der Waals surface area contributed by atoms with Crippen LogP contribution in [-0.2, 0) is 21.3 Å². The largest absolute Gasteiger partial charge is 0.439 e. The van der Waals surface area contributed by atoms with Crippen LogP contribution in [0.5, 0.6) is 0 Å². The third kappa shape index (κ3) is 3.83. The van der Waals surface area contributed by atoms with E-state index in [1.54, 1.807) is 36.9 Å². The van der Waals surface area contributed by atoms with Crippen LogP contribution in [0.3, 0.4) is 0 Å². The minimum absolute atomic E-state index is 0.187. The third-order valence-electron chi connectivity index (χ3n) is 4.85. The van der Waals surface area contributed by atoms with Gasteiger partial charge in [-0.05, 0) is 38.1 Å². The third-order valence-corrected chi connectivity index (χ3v) is 7.00. The van der Waals surface area contributed by atoms with E-state index in [1.807, 2.05) is 0 Å². The first-order valence-corrected chi connectivity index (χ1v) is 10.6. The zero-order chi connectivity index (χ0) is 20.6. The predicted molar refractivity (Wildman–Crippen MR) is 102 cm³/mol. The van der Waals surface area contributed by atoms with Gasteiger partial charge in [-0.3, -0.25) is 4.68 Å². The second-order valence-corrected chi connectivity index (χ2v) is 8.67. The number of oxazole rings is 1. The summed E-state index contributed by atoms with van der Waals surface area (Å²) in [5.74, 6) is 0.554. The van der Waals surface area contributed by atoms with Crippen LogP contribution in [0.2, 0.25) is 0 Å². The highest BCUT2D eigenvalue weighted by Crippen LogP contribution is 2.26. The molecule has 29 heavy (non-hydrogen) atoms. The van der Waals surface area contributed by atoms with Crippen LogP contribution in [0.25, 0.3) is 11.3 Å². The molecule has 0 radical (unpaired) electrons. The molecule has 1 aromatic carbocycles. The summed E-state index contributed by atoms with van der Waals surface area (Å²) in [7, 11) is -3.65. The lowest BCUT2D eigenvalue weighted by molar-refractivity contribution is 0.0730. The Morgan fingerprint density at radius 1 is 1.14 bits per heavy atom. The molecule has 3 aromatic rings. The molecule has 0 bridgehead atoms. The lowest BCUT2D eigenvalue weighted by atomic mass is 10.2. The van der Waals surface area contributed by atoms with Gasteiger partial charge in [0.2, 0.25) is 15.9 Å². The molecule has 0 aliphatic carbocycles. The molecule has 0 N–H and O–H groups in total. The van der Waals surface area contributed by atoms with Gasteiger partial charge in [0, 0.05) is 18.7 Å². The topological polar surface area (TPSA) is 90.5 Å². The fourth-order valence-corrected chi connectivity index (χ4v) is 5.16. The van der Waals surface area contributed by atoms with Gasteiger partial charge in [0.1, 0.15) is 17.3 Å². The second-order valence-electron chi connectivity index (χ2n) is 6.80. The molecule has 1 saturated heterocycles. The van der Waals surface area contributed by atoms with Crippen LogP contribution in [-0.4, -0.2) is 53.8 Å². The normalized spacial score (nSPS) is 15.7. The molecule has 4 rings (SSSR count). The van der Waals surface area contributed by atoms with E-state index < -0.39 is 10.0 Å². The number of nitrogens with zero attached hydrogens (tertiary/aromatic N) is 4. The summed E-state index contributed by atoms with van der Waals surface area (Å²) < 4.78 is 53.2. The van der Waals surface area contributed by atoms with Crippen LogP contribution in [0.15, 0.2) is 39.8 Å². The average molecular weight is 420 g/mol. The first kappa shape index (κ1) is 19.7. The minimum atomic E-state index is -3.65. The first-order chi connectivity index (χ1) is 13.9. The summed E-state index contributed by atoms with van der Waals surface area (Å²) in [5, 5.41) is 4.39. The van der Waals surface area contributed by atoms with Crippen molar-refractivity contribution >= 4 is 10.0 Å². The van der Waals surface area contributed by atoms with Crippen molar-refractivity contribution < 1.29 is 22.0 Å². The molecule has 0 spiro atoms. The Morgan fingerprint density at radius 2 is 1.83 bits per heavy atom. The number of hydrogen-bond donors (Lipinski definition) is 0. The number of halogens is 1. The zero-order valence-corrected chi connectivity index (χ0v) is 16.9. The number of aryl methyl sites for hydroxylation is 1. The smallest absolute Gasteiger partial charge is 0.246 e. The Bertz CT molecular complexity index is 1120. The van der Waals surface area contributed by atoms with Gasteiger partial charge in [-0.2, -0.15) is 9.40 Å². The van der Waals surface area contributed by atoms with Crippen molar-refractivity contribution in [3.63, 3.8) is 0 Å². The van der Waals surface area contributed by atoms with Crippen LogP contribution in [0.4, 0.5) is 4.39 Å². The van der Waals surface area contributed by atoms with E-state index in [4.69, 9.17) is 9.15 Å².